The van der Waals surface area contributed by atoms with Crippen LogP contribution in [0.1, 0.15) is 48.0 Å². The van der Waals surface area contributed by atoms with Crippen molar-refractivity contribution in [1.29, 1.82) is 0 Å². The van der Waals surface area contributed by atoms with E-state index in [0.717, 1.165) is 18.4 Å². The van der Waals surface area contributed by atoms with Crippen LogP contribution in [0.25, 0.3) is 0 Å². The zero-order valence-corrected chi connectivity index (χ0v) is 17.1. The van der Waals surface area contributed by atoms with E-state index in [9.17, 15) is 18.0 Å². The van der Waals surface area contributed by atoms with Gasteiger partial charge in [0, 0.05) is 25.1 Å². The van der Waals surface area contributed by atoms with Crippen molar-refractivity contribution in [2.45, 2.75) is 37.0 Å². The summed E-state index contributed by atoms with van der Waals surface area (Å²) in [6, 6.07) is 15.5. The third-order valence-electron chi connectivity index (χ3n) is 4.97. The Morgan fingerprint density at radius 1 is 1.00 bits per heavy atom. The molecule has 0 aliphatic carbocycles. The summed E-state index contributed by atoms with van der Waals surface area (Å²) in [4.78, 5) is 24.6. The van der Waals surface area contributed by atoms with E-state index in [2.05, 4.69) is 10.9 Å². The number of nitrogens with zero attached hydrogens (tertiary/aromatic N) is 1. The van der Waals surface area contributed by atoms with E-state index in [1.54, 1.807) is 0 Å². The van der Waals surface area contributed by atoms with E-state index in [1.807, 2.05) is 37.3 Å². The van der Waals surface area contributed by atoms with Gasteiger partial charge in [-0.2, -0.15) is 4.31 Å². The molecule has 3 rings (SSSR count). The molecule has 29 heavy (non-hydrogen) atoms. The molecule has 1 fully saturated rings. The van der Waals surface area contributed by atoms with Crippen molar-refractivity contribution < 1.29 is 18.0 Å². The number of hydrazine groups is 1. The van der Waals surface area contributed by atoms with Gasteiger partial charge in [-0.25, -0.2) is 8.42 Å². The van der Waals surface area contributed by atoms with Crippen LogP contribution in [0.3, 0.4) is 0 Å². The van der Waals surface area contributed by atoms with Gasteiger partial charge in [0.05, 0.1) is 4.90 Å². The van der Waals surface area contributed by atoms with Crippen molar-refractivity contribution >= 4 is 21.8 Å². The Bertz CT molecular complexity index is 970. The monoisotopic (exact) mass is 415 g/mol. The average Bonchev–Trinajstić information content (AvgIpc) is 3.28. The molecule has 2 amide bonds. The van der Waals surface area contributed by atoms with Crippen molar-refractivity contribution in [3.63, 3.8) is 0 Å². The maximum absolute atomic E-state index is 12.7. The van der Waals surface area contributed by atoms with Crippen LogP contribution in [0.2, 0.25) is 0 Å². The van der Waals surface area contributed by atoms with Crippen LogP contribution < -0.4 is 10.9 Å². The summed E-state index contributed by atoms with van der Waals surface area (Å²) in [5.41, 5.74) is 5.96. The molecule has 0 radical (unpaired) electrons. The van der Waals surface area contributed by atoms with E-state index in [1.165, 1.54) is 28.6 Å². The highest BCUT2D eigenvalue weighted by atomic mass is 32.2. The maximum Gasteiger partial charge on any atom is 0.269 e. The third kappa shape index (κ3) is 5.21. The lowest BCUT2D eigenvalue weighted by atomic mass is 9.98. The second-order valence-electron chi connectivity index (χ2n) is 7.16. The number of nitrogens with one attached hydrogen (secondary N) is 2. The lowest BCUT2D eigenvalue weighted by Crippen LogP contribution is -2.42. The molecule has 1 aliphatic rings. The van der Waals surface area contributed by atoms with Crippen LogP contribution in [0, 0.1) is 0 Å². The summed E-state index contributed by atoms with van der Waals surface area (Å²) in [7, 11) is -3.61. The van der Waals surface area contributed by atoms with Gasteiger partial charge in [0.2, 0.25) is 15.9 Å². The summed E-state index contributed by atoms with van der Waals surface area (Å²) in [5, 5.41) is 0. The largest absolute Gasteiger partial charge is 0.273 e. The molecule has 2 aromatic rings. The van der Waals surface area contributed by atoms with E-state index in [0.29, 0.717) is 13.1 Å². The molecule has 0 unspecified atom stereocenters. The fourth-order valence-electron chi connectivity index (χ4n) is 3.30. The van der Waals surface area contributed by atoms with Crippen molar-refractivity contribution in [1.82, 2.24) is 15.2 Å². The van der Waals surface area contributed by atoms with Gasteiger partial charge in [0.15, 0.2) is 0 Å². The van der Waals surface area contributed by atoms with Gasteiger partial charge in [0.1, 0.15) is 0 Å². The van der Waals surface area contributed by atoms with Gasteiger partial charge in [-0.05, 0) is 42.5 Å². The van der Waals surface area contributed by atoms with Crippen LogP contribution in [0.4, 0.5) is 0 Å². The molecule has 1 heterocycles. The Morgan fingerprint density at radius 3 is 2.38 bits per heavy atom. The predicted molar refractivity (Wildman–Crippen MR) is 110 cm³/mol. The minimum atomic E-state index is -3.61. The number of hydrogen-bond acceptors (Lipinski definition) is 4. The minimum Gasteiger partial charge on any atom is -0.273 e. The number of hydrogen-bond donors (Lipinski definition) is 2. The molecule has 0 spiro atoms. The van der Waals surface area contributed by atoms with Crippen LogP contribution in [0.15, 0.2) is 59.5 Å². The maximum atomic E-state index is 12.7. The lowest BCUT2D eigenvalue weighted by Gasteiger charge is -2.16. The van der Waals surface area contributed by atoms with E-state index < -0.39 is 15.9 Å². The van der Waals surface area contributed by atoms with Crippen molar-refractivity contribution in [2.75, 3.05) is 13.1 Å². The van der Waals surface area contributed by atoms with Crippen molar-refractivity contribution in [3.05, 3.63) is 65.7 Å². The van der Waals surface area contributed by atoms with Crippen molar-refractivity contribution in [2.24, 2.45) is 0 Å². The Kier molecular flexibility index (Phi) is 6.66. The van der Waals surface area contributed by atoms with Gasteiger partial charge in [-0.3, -0.25) is 20.4 Å². The lowest BCUT2D eigenvalue weighted by molar-refractivity contribution is -0.122. The molecular weight excluding hydrogens is 390 g/mol. The molecular formula is C21H25N3O4S. The van der Waals surface area contributed by atoms with Gasteiger partial charge in [0.25, 0.3) is 5.91 Å². The first-order valence-corrected chi connectivity index (χ1v) is 11.1. The van der Waals surface area contributed by atoms with Crippen LogP contribution >= 0.6 is 0 Å². The molecule has 2 N–H and O–H groups in total. The summed E-state index contributed by atoms with van der Waals surface area (Å²) >= 11 is 0. The standard InChI is InChI=1S/C21H25N3O4S/c1-16(17-8-3-2-4-9-17)14-20(25)22-23-21(26)18-10-7-11-19(15-18)29(27,28)24-12-5-6-13-24/h2-4,7-11,15-16H,5-6,12-14H2,1H3,(H,22,25)(H,23,26)/t16-/m1/s1. The molecule has 1 saturated heterocycles. The quantitative estimate of drug-likeness (QED) is 0.709. The fourth-order valence-corrected chi connectivity index (χ4v) is 4.87. The highest BCUT2D eigenvalue weighted by Gasteiger charge is 2.27. The Balaban J connectivity index is 1.59. The second-order valence-corrected chi connectivity index (χ2v) is 9.10. The average molecular weight is 416 g/mol. The highest BCUT2D eigenvalue weighted by molar-refractivity contribution is 7.89. The summed E-state index contributed by atoms with van der Waals surface area (Å²) in [6.45, 7) is 2.92. The molecule has 0 aromatic heterocycles. The Labute approximate surface area is 171 Å². The van der Waals surface area contributed by atoms with Crippen molar-refractivity contribution in [3.8, 4) is 0 Å². The molecule has 1 atom stereocenters. The van der Waals surface area contributed by atoms with Gasteiger partial charge in [-0.15, -0.1) is 0 Å². The van der Waals surface area contributed by atoms with Gasteiger partial charge >= 0.3 is 0 Å². The van der Waals surface area contributed by atoms with E-state index >= 15 is 0 Å². The normalized spacial score (nSPS) is 15.6. The zero-order chi connectivity index (χ0) is 20.9. The summed E-state index contributed by atoms with van der Waals surface area (Å²) < 4.78 is 26.7. The number of rotatable bonds is 6. The summed E-state index contributed by atoms with van der Waals surface area (Å²) in [5.74, 6) is -0.887. The SMILES string of the molecule is C[C@H](CC(=O)NNC(=O)c1cccc(S(=O)(=O)N2CCCC2)c1)c1ccccc1. The fraction of sp³-hybridized carbons (Fsp3) is 0.333. The smallest absolute Gasteiger partial charge is 0.269 e. The first kappa shape index (κ1) is 21.0. The van der Waals surface area contributed by atoms with Gasteiger partial charge in [-0.1, -0.05) is 43.3 Å². The number of carbonyl (C=O) groups is 2. The van der Waals surface area contributed by atoms with E-state index in [-0.39, 0.29) is 28.7 Å². The third-order valence-corrected chi connectivity index (χ3v) is 6.87. The molecule has 154 valence electrons. The Hall–Kier alpha value is -2.71. The molecule has 8 heteroatoms. The predicted octanol–water partition coefficient (Wildman–Crippen LogP) is 2.43. The van der Waals surface area contributed by atoms with Crippen LogP contribution in [0.5, 0.6) is 0 Å². The zero-order valence-electron chi connectivity index (χ0n) is 16.3. The minimum absolute atomic E-state index is 0.00188. The number of amides is 2. The first-order chi connectivity index (χ1) is 13.9. The van der Waals surface area contributed by atoms with Crippen LogP contribution in [-0.4, -0.2) is 37.6 Å². The first-order valence-electron chi connectivity index (χ1n) is 9.62. The summed E-state index contributed by atoms with van der Waals surface area (Å²) in [6.07, 6.45) is 1.90. The molecule has 2 aromatic carbocycles. The Morgan fingerprint density at radius 2 is 1.69 bits per heavy atom. The molecule has 1 aliphatic heterocycles. The van der Waals surface area contributed by atoms with Crippen LogP contribution in [-0.2, 0) is 14.8 Å². The topological polar surface area (TPSA) is 95.6 Å². The highest BCUT2D eigenvalue weighted by Crippen LogP contribution is 2.21. The van der Waals surface area contributed by atoms with Gasteiger partial charge < -0.3 is 0 Å². The number of benzene rings is 2. The second kappa shape index (κ2) is 9.19. The van der Waals surface area contributed by atoms with E-state index in [4.69, 9.17) is 0 Å². The molecule has 0 saturated carbocycles. The number of carbonyl (C=O) groups excluding carboxylic acids is 2. The molecule has 7 nitrogen and oxygen atoms in total. The molecule has 0 bridgehead atoms. The number of sulfonamides is 1.